The van der Waals surface area contributed by atoms with Gasteiger partial charge < -0.3 is 58.6 Å². The molecule has 1 aliphatic heterocycles. The maximum atomic E-state index is 14.3. The molecule has 1 aliphatic rings. The Labute approximate surface area is 361 Å². The molecule has 342 valence electrons. The number of carboxylic acid groups (broad SMARTS) is 1. The molecule has 4 rings (SSSR count). The number of aliphatic imine (C=N–C) groups is 1. The number of aliphatic carboxylic acids is 1. The van der Waals surface area contributed by atoms with Crippen LogP contribution in [-0.2, 0) is 24.0 Å². The molecule has 0 saturated carbocycles. The summed E-state index contributed by atoms with van der Waals surface area (Å²) in [7, 11) is 0. The number of carboxylic acids is 1. The normalized spacial score (nSPS) is 16.5. The van der Waals surface area contributed by atoms with Crippen LogP contribution in [0.5, 0.6) is 0 Å². The maximum Gasteiger partial charge on any atom is 0.326 e. The minimum atomic E-state index is -1.71. The molecule has 13 N–H and O–H groups in total. The van der Waals surface area contributed by atoms with E-state index in [4.69, 9.17) is 17.2 Å². The number of nitrogens with zero attached hydrogens (tertiary/aromatic N) is 3. The monoisotopic (exact) mass is 879 g/mol. The van der Waals surface area contributed by atoms with Gasteiger partial charge in [0.15, 0.2) is 5.96 Å². The van der Waals surface area contributed by atoms with E-state index in [0.29, 0.717) is 19.3 Å². The smallest absolute Gasteiger partial charge is 0.326 e. The first-order valence-corrected chi connectivity index (χ1v) is 20.8. The molecule has 2 aromatic carbocycles. The Hall–Kier alpha value is -6.68. The number of carbonyl (C=O) groups excluding carboxylic acids is 5. The van der Waals surface area contributed by atoms with E-state index in [1.54, 1.807) is 18.2 Å². The largest absolute Gasteiger partial charge is 0.480 e. The fourth-order valence-electron chi connectivity index (χ4n) is 7.34. The van der Waals surface area contributed by atoms with Gasteiger partial charge in [0.1, 0.15) is 29.6 Å². The Morgan fingerprint density at radius 3 is 2.33 bits per heavy atom. The third-order valence-electron chi connectivity index (χ3n) is 11.1. The van der Waals surface area contributed by atoms with Crippen LogP contribution < -0.4 is 43.9 Å². The van der Waals surface area contributed by atoms with Crippen molar-refractivity contribution in [3.63, 3.8) is 0 Å². The number of guanidine groups is 1. The molecular weight excluding hydrogens is 823 g/mol. The Bertz CT molecular complexity index is 2280. The third-order valence-corrected chi connectivity index (χ3v) is 11.1. The van der Waals surface area contributed by atoms with E-state index in [2.05, 4.69) is 31.2 Å². The highest BCUT2D eigenvalue weighted by atomic mass is 16.6. The first kappa shape index (κ1) is 49.0. The number of aliphatic hydroxyl groups is 1. The van der Waals surface area contributed by atoms with Crippen LogP contribution in [-0.4, -0.2) is 122 Å². The summed E-state index contributed by atoms with van der Waals surface area (Å²) < 4.78 is 0. The fraction of sp³-hybridized carbons (Fsp3) is 0.512. The highest BCUT2D eigenvalue weighted by molar-refractivity contribution is 6.11. The van der Waals surface area contributed by atoms with Gasteiger partial charge in [0, 0.05) is 36.6 Å². The van der Waals surface area contributed by atoms with Crippen molar-refractivity contribution in [3.05, 3.63) is 62.3 Å². The SMILES string of the molecule is CC[C@H](C)[C@H](N)C(=O)NCCCC[C@H](NC(=O)[C@@H](NC(=O)c1ccc([N+](=O)[O-])c2c(=O)c3ccccc3[nH]c12)[C@@H](C)O)C(=O)N1CCC[C@H]1C(=O)N[C@@H](CCCN=C(N)N)C(=O)O. The highest BCUT2D eigenvalue weighted by Crippen LogP contribution is 2.27. The van der Waals surface area contributed by atoms with Crippen molar-refractivity contribution >= 4 is 69.0 Å². The van der Waals surface area contributed by atoms with Crippen molar-refractivity contribution in [2.24, 2.45) is 28.1 Å². The summed E-state index contributed by atoms with van der Waals surface area (Å²) >= 11 is 0. The maximum absolute atomic E-state index is 14.3. The summed E-state index contributed by atoms with van der Waals surface area (Å²) in [5.41, 5.74) is 15.3. The lowest BCUT2D eigenvalue weighted by Gasteiger charge is -2.31. The Morgan fingerprint density at radius 2 is 1.68 bits per heavy atom. The first-order chi connectivity index (χ1) is 29.9. The molecular formula is C41H57N11O11. The van der Waals surface area contributed by atoms with Gasteiger partial charge in [-0.1, -0.05) is 32.4 Å². The minimum absolute atomic E-state index is 0.00913. The average Bonchev–Trinajstić information content (AvgIpc) is 3.74. The number of hydrogen-bond acceptors (Lipinski definition) is 12. The molecule has 3 aromatic rings. The number of benzene rings is 2. The molecule has 0 radical (unpaired) electrons. The van der Waals surface area contributed by atoms with Crippen molar-refractivity contribution in [1.29, 1.82) is 0 Å². The second-order valence-corrected chi connectivity index (χ2v) is 15.6. The van der Waals surface area contributed by atoms with E-state index in [-0.39, 0.29) is 96.9 Å². The molecule has 0 aliphatic carbocycles. The molecule has 0 bridgehead atoms. The van der Waals surface area contributed by atoms with Crippen molar-refractivity contribution < 1.29 is 43.9 Å². The zero-order chi connectivity index (χ0) is 46.5. The third kappa shape index (κ3) is 12.5. The number of aliphatic hydroxyl groups excluding tert-OH is 1. The number of nitrogens with two attached hydrogens (primary N) is 3. The van der Waals surface area contributed by atoms with Gasteiger partial charge in [0.2, 0.25) is 29.1 Å². The molecule has 0 spiro atoms. The summed E-state index contributed by atoms with van der Waals surface area (Å²) in [4.78, 5) is 113. The number of fused-ring (bicyclic) bond motifs is 2. The highest BCUT2D eigenvalue weighted by Gasteiger charge is 2.40. The zero-order valence-electron chi connectivity index (χ0n) is 35.4. The number of aromatic nitrogens is 1. The molecule has 22 nitrogen and oxygen atoms in total. The van der Waals surface area contributed by atoms with Crippen molar-refractivity contribution in [2.45, 2.75) is 108 Å². The second kappa shape index (κ2) is 22.4. The van der Waals surface area contributed by atoms with Crippen LogP contribution in [0.4, 0.5) is 5.69 Å². The number of amides is 5. The number of non-ortho nitro benzene ring substituents is 1. The van der Waals surface area contributed by atoms with Gasteiger partial charge in [-0.25, -0.2) is 4.79 Å². The van der Waals surface area contributed by atoms with Crippen LogP contribution in [0.25, 0.3) is 21.8 Å². The van der Waals surface area contributed by atoms with Crippen molar-refractivity contribution in [3.8, 4) is 0 Å². The van der Waals surface area contributed by atoms with Crippen LogP contribution in [0.15, 0.2) is 46.2 Å². The number of pyridine rings is 1. The number of hydrogen-bond donors (Lipinski definition) is 10. The lowest BCUT2D eigenvalue weighted by atomic mass is 9.99. The van der Waals surface area contributed by atoms with E-state index in [1.165, 1.54) is 17.9 Å². The first-order valence-electron chi connectivity index (χ1n) is 20.8. The van der Waals surface area contributed by atoms with Gasteiger partial charge in [0.25, 0.3) is 11.6 Å². The van der Waals surface area contributed by atoms with E-state index in [1.807, 2.05) is 13.8 Å². The van der Waals surface area contributed by atoms with Crippen LogP contribution >= 0.6 is 0 Å². The fourth-order valence-corrected chi connectivity index (χ4v) is 7.34. The van der Waals surface area contributed by atoms with E-state index in [0.717, 1.165) is 12.1 Å². The van der Waals surface area contributed by atoms with Crippen LogP contribution in [0, 0.1) is 16.0 Å². The summed E-state index contributed by atoms with van der Waals surface area (Å²) in [5, 5.41) is 42.6. The summed E-state index contributed by atoms with van der Waals surface area (Å²) in [6.07, 6.45) is 0.506. The van der Waals surface area contributed by atoms with Crippen LogP contribution in [0.1, 0.15) is 82.5 Å². The minimum Gasteiger partial charge on any atom is -0.480 e. The Morgan fingerprint density at radius 1 is 0.984 bits per heavy atom. The lowest BCUT2D eigenvalue weighted by molar-refractivity contribution is -0.383. The van der Waals surface area contributed by atoms with Gasteiger partial charge in [0.05, 0.1) is 28.1 Å². The van der Waals surface area contributed by atoms with Gasteiger partial charge in [-0.15, -0.1) is 0 Å². The number of nitro benzene ring substituents is 1. The van der Waals surface area contributed by atoms with Gasteiger partial charge >= 0.3 is 5.97 Å². The van der Waals surface area contributed by atoms with E-state index < -0.39 is 82.0 Å². The number of carbonyl (C=O) groups is 6. The van der Waals surface area contributed by atoms with E-state index in [9.17, 15) is 53.9 Å². The van der Waals surface area contributed by atoms with Gasteiger partial charge in [-0.2, -0.15) is 0 Å². The molecule has 22 heteroatoms. The molecule has 5 amide bonds. The standard InChI is InChI=1S/C41H57N11O11/c1-4-21(2)31(42)37(57)45-18-8-7-13-26(39(59)51-20-10-15-29(51)36(56)49-27(40(60)61)14-9-19-46-41(43)44)48-38(58)32(22(3)53)50-35(55)24-16-17-28(52(62)63)30-33(24)47-25-12-6-5-11-23(25)34(30)54/h5-6,11-12,16-17,21-22,26-27,29,31-32,53H,4,7-10,13-15,18-20,42H2,1-3H3,(H,45,57)(H,47,54)(H,48,58)(H,49,56)(H,50,55)(H,60,61)(H4,43,44,46)/t21-,22+,26-,27-,29-,31-,32-/m0/s1. The average molecular weight is 880 g/mol. The number of nitrogens with one attached hydrogen (secondary N) is 5. The number of likely N-dealkylation sites (tertiary alicyclic amines) is 1. The second-order valence-electron chi connectivity index (χ2n) is 15.6. The van der Waals surface area contributed by atoms with E-state index >= 15 is 0 Å². The number of rotatable bonds is 22. The number of aromatic amines is 1. The summed E-state index contributed by atoms with van der Waals surface area (Å²) in [5.74, 6) is -5.29. The van der Waals surface area contributed by atoms with Crippen molar-refractivity contribution in [2.75, 3.05) is 19.6 Å². The van der Waals surface area contributed by atoms with Gasteiger partial charge in [-0.3, -0.25) is 43.9 Å². The quantitative estimate of drug-likeness (QED) is 0.0156. The molecule has 2 heterocycles. The topological polar surface area (TPSA) is 361 Å². The molecule has 1 fully saturated rings. The Balaban J connectivity index is 1.58. The number of unbranched alkanes of at least 4 members (excludes halogenated alkanes) is 1. The number of H-pyrrole nitrogens is 1. The zero-order valence-corrected chi connectivity index (χ0v) is 35.4. The molecule has 1 aromatic heterocycles. The lowest BCUT2D eigenvalue weighted by Crippen LogP contribution is -2.59. The predicted octanol–water partition coefficient (Wildman–Crippen LogP) is -0.173. The predicted molar refractivity (Wildman–Crippen MR) is 232 cm³/mol. The molecule has 7 atom stereocenters. The summed E-state index contributed by atoms with van der Waals surface area (Å²) in [6.45, 7) is 5.39. The summed E-state index contributed by atoms with van der Waals surface area (Å²) in [6, 6.07) is 2.13. The van der Waals surface area contributed by atoms with Crippen LogP contribution in [0.3, 0.4) is 0 Å². The number of nitro groups is 1. The van der Waals surface area contributed by atoms with Crippen molar-refractivity contribution in [1.82, 2.24) is 31.2 Å². The number of para-hydroxylation sites is 1. The molecule has 63 heavy (non-hydrogen) atoms. The van der Waals surface area contributed by atoms with Crippen LogP contribution in [0.2, 0.25) is 0 Å². The molecule has 0 unspecified atom stereocenters. The van der Waals surface area contributed by atoms with Gasteiger partial charge in [-0.05, 0) is 76.0 Å². The molecule has 1 saturated heterocycles. The Kier molecular flexibility index (Phi) is 17.4.